The Morgan fingerprint density at radius 1 is 1.00 bits per heavy atom. The van der Waals surface area contributed by atoms with Crippen LogP contribution in [0.4, 0.5) is 11.4 Å². The maximum Gasteiger partial charge on any atom is 0.246 e. The summed E-state index contributed by atoms with van der Waals surface area (Å²) >= 11 is 0. The first-order chi connectivity index (χ1) is 11.3. The third-order valence-corrected chi connectivity index (χ3v) is 4.05. The van der Waals surface area contributed by atoms with Crippen LogP contribution in [0.5, 0.6) is 5.75 Å². The maximum atomic E-state index is 12.6. The number of anilines is 2. The van der Waals surface area contributed by atoms with Crippen LogP contribution in [-0.2, 0) is 4.79 Å². The summed E-state index contributed by atoms with van der Waals surface area (Å²) in [5, 5.41) is 6.27. The van der Waals surface area contributed by atoms with Crippen molar-refractivity contribution in [3.63, 3.8) is 0 Å². The van der Waals surface area contributed by atoms with Crippen molar-refractivity contribution < 1.29 is 9.53 Å². The zero-order valence-electron chi connectivity index (χ0n) is 15.3. The molecule has 0 aliphatic heterocycles. The number of carbonyl (C=O) groups is 1. The number of rotatable bonds is 5. The molecule has 0 aromatic heterocycles. The first-order valence-electron chi connectivity index (χ1n) is 8.11. The van der Waals surface area contributed by atoms with Crippen molar-refractivity contribution in [2.45, 2.75) is 40.7 Å². The van der Waals surface area contributed by atoms with E-state index in [9.17, 15) is 4.79 Å². The molecule has 4 heteroatoms. The molecule has 0 aliphatic carbocycles. The molecular weight excluding hydrogens is 300 g/mol. The predicted molar refractivity (Wildman–Crippen MR) is 100 cm³/mol. The van der Waals surface area contributed by atoms with Gasteiger partial charge in [0, 0.05) is 5.69 Å². The lowest BCUT2D eigenvalue weighted by molar-refractivity contribution is -0.116. The largest absolute Gasteiger partial charge is 0.495 e. The van der Waals surface area contributed by atoms with Crippen molar-refractivity contribution in [3.8, 4) is 5.75 Å². The van der Waals surface area contributed by atoms with Crippen molar-refractivity contribution in [3.05, 3.63) is 52.6 Å². The van der Waals surface area contributed by atoms with Gasteiger partial charge in [0.2, 0.25) is 5.91 Å². The molecule has 2 rings (SSSR count). The van der Waals surface area contributed by atoms with Gasteiger partial charge >= 0.3 is 0 Å². The van der Waals surface area contributed by atoms with Gasteiger partial charge in [0.05, 0.1) is 12.8 Å². The van der Waals surface area contributed by atoms with E-state index in [1.54, 1.807) is 7.11 Å². The number of ether oxygens (including phenoxy) is 1. The van der Waals surface area contributed by atoms with E-state index >= 15 is 0 Å². The third kappa shape index (κ3) is 4.07. The van der Waals surface area contributed by atoms with Crippen LogP contribution in [0.15, 0.2) is 30.3 Å². The molecule has 0 radical (unpaired) electrons. The van der Waals surface area contributed by atoms with E-state index in [2.05, 4.69) is 29.7 Å². The second-order valence-corrected chi connectivity index (χ2v) is 6.33. The monoisotopic (exact) mass is 326 g/mol. The SMILES string of the molecule is COc1ccc(C)cc1N[C@H](C)C(=O)Nc1c(C)cc(C)cc1C. The van der Waals surface area contributed by atoms with E-state index < -0.39 is 0 Å². The second-order valence-electron chi connectivity index (χ2n) is 6.33. The number of nitrogens with one attached hydrogen (secondary N) is 2. The van der Waals surface area contributed by atoms with Gasteiger partial charge in [-0.3, -0.25) is 4.79 Å². The number of methoxy groups -OCH3 is 1. The van der Waals surface area contributed by atoms with E-state index in [1.807, 2.05) is 45.9 Å². The predicted octanol–water partition coefficient (Wildman–Crippen LogP) is 4.37. The van der Waals surface area contributed by atoms with Crippen LogP contribution in [-0.4, -0.2) is 19.1 Å². The van der Waals surface area contributed by atoms with E-state index in [-0.39, 0.29) is 11.9 Å². The molecule has 0 spiro atoms. The van der Waals surface area contributed by atoms with Crippen LogP contribution in [0.1, 0.15) is 29.2 Å². The lowest BCUT2D eigenvalue weighted by Gasteiger charge is -2.19. The van der Waals surface area contributed by atoms with E-state index in [4.69, 9.17) is 4.74 Å². The maximum absolute atomic E-state index is 12.6. The third-order valence-electron chi connectivity index (χ3n) is 4.05. The average molecular weight is 326 g/mol. The molecule has 2 N–H and O–H groups in total. The van der Waals surface area contributed by atoms with Gasteiger partial charge < -0.3 is 15.4 Å². The first kappa shape index (κ1) is 17.9. The van der Waals surface area contributed by atoms with Crippen LogP contribution >= 0.6 is 0 Å². The van der Waals surface area contributed by atoms with Crippen molar-refractivity contribution in [1.82, 2.24) is 0 Å². The van der Waals surface area contributed by atoms with Crippen molar-refractivity contribution in [1.29, 1.82) is 0 Å². The topological polar surface area (TPSA) is 50.4 Å². The van der Waals surface area contributed by atoms with Crippen molar-refractivity contribution in [2.24, 2.45) is 0 Å². The summed E-state index contributed by atoms with van der Waals surface area (Å²) in [6.07, 6.45) is 0. The van der Waals surface area contributed by atoms with Crippen molar-refractivity contribution >= 4 is 17.3 Å². The Morgan fingerprint density at radius 3 is 2.21 bits per heavy atom. The molecule has 1 amide bonds. The lowest BCUT2D eigenvalue weighted by atomic mass is 10.0. The van der Waals surface area contributed by atoms with Gasteiger partial charge in [0.25, 0.3) is 0 Å². The fraction of sp³-hybridized carbons (Fsp3) is 0.350. The second kappa shape index (κ2) is 7.39. The Labute approximate surface area is 144 Å². The minimum absolute atomic E-state index is 0.0754. The number of hydrogen-bond donors (Lipinski definition) is 2. The highest BCUT2D eigenvalue weighted by Gasteiger charge is 2.17. The minimum Gasteiger partial charge on any atom is -0.495 e. The summed E-state index contributed by atoms with van der Waals surface area (Å²) in [5.41, 5.74) is 6.14. The highest BCUT2D eigenvalue weighted by Crippen LogP contribution is 2.26. The highest BCUT2D eigenvalue weighted by atomic mass is 16.5. The van der Waals surface area contributed by atoms with Gasteiger partial charge in [-0.05, 0) is 63.4 Å². The van der Waals surface area contributed by atoms with Crippen LogP contribution in [0, 0.1) is 27.7 Å². The van der Waals surface area contributed by atoms with Crippen LogP contribution in [0.3, 0.4) is 0 Å². The number of aryl methyl sites for hydroxylation is 4. The molecule has 0 bridgehead atoms. The molecule has 0 heterocycles. The molecule has 24 heavy (non-hydrogen) atoms. The van der Waals surface area contributed by atoms with Gasteiger partial charge in [0.15, 0.2) is 0 Å². The Hall–Kier alpha value is -2.49. The number of hydrogen-bond acceptors (Lipinski definition) is 3. The van der Waals surface area contributed by atoms with Gasteiger partial charge in [-0.25, -0.2) is 0 Å². The molecule has 0 aliphatic rings. The Balaban J connectivity index is 2.15. The molecule has 128 valence electrons. The van der Waals surface area contributed by atoms with Gasteiger partial charge in [-0.1, -0.05) is 23.8 Å². The van der Waals surface area contributed by atoms with Crippen LogP contribution < -0.4 is 15.4 Å². The summed E-state index contributed by atoms with van der Waals surface area (Å²) < 4.78 is 5.36. The van der Waals surface area contributed by atoms with Gasteiger partial charge in [0.1, 0.15) is 11.8 Å². The van der Waals surface area contributed by atoms with Crippen LogP contribution in [0.2, 0.25) is 0 Å². The summed E-state index contributed by atoms with van der Waals surface area (Å²) in [6.45, 7) is 9.93. The number of amides is 1. The minimum atomic E-state index is -0.388. The highest BCUT2D eigenvalue weighted by molar-refractivity contribution is 5.97. The zero-order valence-corrected chi connectivity index (χ0v) is 15.3. The Kier molecular flexibility index (Phi) is 5.50. The first-order valence-corrected chi connectivity index (χ1v) is 8.11. The zero-order chi connectivity index (χ0) is 17.9. The molecule has 2 aromatic rings. The average Bonchev–Trinajstić information content (AvgIpc) is 2.50. The lowest BCUT2D eigenvalue weighted by Crippen LogP contribution is -2.32. The van der Waals surface area contributed by atoms with Gasteiger partial charge in [-0.15, -0.1) is 0 Å². The molecule has 2 aromatic carbocycles. The van der Waals surface area contributed by atoms with Crippen LogP contribution in [0.25, 0.3) is 0 Å². The standard InChI is InChI=1S/C20H26N2O2/c1-12-7-8-18(24-6)17(11-12)21-16(5)20(23)22-19-14(3)9-13(2)10-15(19)4/h7-11,16,21H,1-6H3,(H,22,23)/t16-/m1/s1. The van der Waals surface area contributed by atoms with E-state index in [1.165, 1.54) is 5.56 Å². The molecule has 0 saturated heterocycles. The normalized spacial score (nSPS) is 11.8. The Bertz CT molecular complexity index is 730. The number of benzene rings is 2. The molecule has 0 fully saturated rings. The smallest absolute Gasteiger partial charge is 0.246 e. The summed E-state index contributed by atoms with van der Waals surface area (Å²) in [5.74, 6) is 0.650. The van der Waals surface area contributed by atoms with E-state index in [0.29, 0.717) is 0 Å². The van der Waals surface area contributed by atoms with Crippen molar-refractivity contribution in [2.75, 3.05) is 17.7 Å². The number of carbonyl (C=O) groups excluding carboxylic acids is 1. The summed E-state index contributed by atoms with van der Waals surface area (Å²) in [6, 6.07) is 9.62. The molecular formula is C20H26N2O2. The fourth-order valence-electron chi connectivity index (χ4n) is 2.84. The van der Waals surface area contributed by atoms with E-state index in [0.717, 1.165) is 33.8 Å². The molecule has 0 unspecified atom stereocenters. The van der Waals surface area contributed by atoms with Gasteiger partial charge in [-0.2, -0.15) is 0 Å². The molecule has 4 nitrogen and oxygen atoms in total. The molecule has 1 atom stereocenters. The molecule has 0 saturated carbocycles. The quantitative estimate of drug-likeness (QED) is 0.858. The Morgan fingerprint density at radius 2 is 1.62 bits per heavy atom. The summed E-state index contributed by atoms with van der Waals surface area (Å²) in [7, 11) is 1.62. The fourth-order valence-corrected chi connectivity index (χ4v) is 2.84. The summed E-state index contributed by atoms with van der Waals surface area (Å²) in [4.78, 5) is 12.6.